The highest BCUT2D eigenvalue weighted by Crippen LogP contribution is 2.20. The molecule has 0 saturated carbocycles. The van der Waals surface area contributed by atoms with Gasteiger partial charge in [0.15, 0.2) is 0 Å². The van der Waals surface area contributed by atoms with Gasteiger partial charge in [-0.15, -0.1) is 11.8 Å². The number of benzene rings is 1. The second-order valence-corrected chi connectivity index (χ2v) is 5.60. The van der Waals surface area contributed by atoms with Crippen LogP contribution in [0.25, 0.3) is 0 Å². The minimum Gasteiger partial charge on any atom is -0.349 e. The third-order valence-corrected chi connectivity index (χ3v) is 4.11. The quantitative estimate of drug-likeness (QED) is 0.823. The molecule has 0 aromatic heterocycles. The number of carbonyl (C=O) groups excluding carboxylic acids is 1. The summed E-state index contributed by atoms with van der Waals surface area (Å²) < 4.78 is 0. The van der Waals surface area contributed by atoms with Crippen LogP contribution < -0.4 is 10.6 Å². The number of carbonyl (C=O) groups is 1. The van der Waals surface area contributed by atoms with Crippen LogP contribution in [0, 0.1) is 0 Å². The third kappa shape index (κ3) is 3.27. The van der Waals surface area contributed by atoms with E-state index in [0.29, 0.717) is 12.1 Å². The van der Waals surface area contributed by atoms with Crippen LogP contribution in [0.1, 0.15) is 30.1 Å². The smallest absolute Gasteiger partial charge is 0.252 e. The number of hydrogen-bond donors (Lipinski definition) is 2. The van der Waals surface area contributed by atoms with Crippen molar-refractivity contribution in [2.24, 2.45) is 0 Å². The van der Waals surface area contributed by atoms with E-state index in [0.717, 1.165) is 29.8 Å². The molecule has 2 N–H and O–H groups in total. The molecule has 1 aliphatic rings. The van der Waals surface area contributed by atoms with Gasteiger partial charge in [0.2, 0.25) is 0 Å². The summed E-state index contributed by atoms with van der Waals surface area (Å²) in [5.41, 5.74) is 0.788. The fraction of sp³-hybridized carbons (Fsp3) is 0.500. The minimum absolute atomic E-state index is 0.0547. The van der Waals surface area contributed by atoms with Gasteiger partial charge < -0.3 is 10.6 Å². The number of hydrogen-bond acceptors (Lipinski definition) is 3. The van der Waals surface area contributed by atoms with Crippen LogP contribution in [-0.4, -0.2) is 30.8 Å². The summed E-state index contributed by atoms with van der Waals surface area (Å²) in [7, 11) is 0. The standard InChI is InChI=1S/C14H20N2OS/c1-10-9-11(7-8-15-10)16-14(17)12-5-3-4-6-13(12)18-2/h3-6,10-11,15H,7-9H2,1-2H3,(H,16,17). The summed E-state index contributed by atoms with van der Waals surface area (Å²) in [5, 5.41) is 6.54. The molecule has 2 atom stereocenters. The molecule has 0 spiro atoms. The first-order valence-electron chi connectivity index (χ1n) is 6.38. The van der Waals surface area contributed by atoms with E-state index in [1.807, 2.05) is 30.5 Å². The van der Waals surface area contributed by atoms with Crippen molar-refractivity contribution in [1.29, 1.82) is 0 Å². The molecule has 1 fully saturated rings. The van der Waals surface area contributed by atoms with Gasteiger partial charge in [-0.25, -0.2) is 0 Å². The van der Waals surface area contributed by atoms with Crippen molar-refractivity contribution < 1.29 is 4.79 Å². The number of piperidine rings is 1. The lowest BCUT2D eigenvalue weighted by atomic mass is 10.0. The van der Waals surface area contributed by atoms with E-state index in [9.17, 15) is 4.79 Å². The van der Waals surface area contributed by atoms with Gasteiger partial charge in [0, 0.05) is 17.0 Å². The molecule has 1 aromatic rings. The Kier molecular flexibility index (Phi) is 4.66. The van der Waals surface area contributed by atoms with Crippen LogP contribution in [0.4, 0.5) is 0 Å². The van der Waals surface area contributed by atoms with E-state index < -0.39 is 0 Å². The molecular formula is C14H20N2OS. The molecule has 18 heavy (non-hydrogen) atoms. The largest absolute Gasteiger partial charge is 0.349 e. The zero-order valence-corrected chi connectivity index (χ0v) is 11.7. The average Bonchev–Trinajstić information content (AvgIpc) is 2.38. The highest BCUT2D eigenvalue weighted by Gasteiger charge is 2.21. The van der Waals surface area contributed by atoms with Crippen LogP contribution in [0.15, 0.2) is 29.2 Å². The van der Waals surface area contributed by atoms with Crippen molar-refractivity contribution in [3.63, 3.8) is 0 Å². The maximum absolute atomic E-state index is 12.3. The van der Waals surface area contributed by atoms with Crippen molar-refractivity contribution in [2.75, 3.05) is 12.8 Å². The van der Waals surface area contributed by atoms with Gasteiger partial charge >= 0.3 is 0 Å². The first-order valence-corrected chi connectivity index (χ1v) is 7.60. The normalized spacial score (nSPS) is 23.7. The van der Waals surface area contributed by atoms with Crippen LogP contribution in [-0.2, 0) is 0 Å². The topological polar surface area (TPSA) is 41.1 Å². The van der Waals surface area contributed by atoms with Gasteiger partial charge in [-0.1, -0.05) is 12.1 Å². The third-order valence-electron chi connectivity index (χ3n) is 3.31. The molecule has 2 rings (SSSR count). The Bertz CT molecular complexity index is 422. The number of nitrogens with one attached hydrogen (secondary N) is 2. The van der Waals surface area contributed by atoms with Crippen molar-refractivity contribution in [1.82, 2.24) is 10.6 Å². The number of rotatable bonds is 3. The summed E-state index contributed by atoms with van der Waals surface area (Å²) in [6, 6.07) is 8.55. The van der Waals surface area contributed by atoms with E-state index in [2.05, 4.69) is 17.6 Å². The molecule has 0 aliphatic carbocycles. The van der Waals surface area contributed by atoms with Gasteiger partial charge in [0.25, 0.3) is 5.91 Å². The molecule has 1 amide bonds. The van der Waals surface area contributed by atoms with Crippen molar-refractivity contribution in [2.45, 2.75) is 36.7 Å². The van der Waals surface area contributed by atoms with Crippen LogP contribution in [0.2, 0.25) is 0 Å². The fourth-order valence-corrected chi connectivity index (χ4v) is 2.95. The molecule has 1 aromatic carbocycles. The predicted molar refractivity (Wildman–Crippen MR) is 76.2 cm³/mol. The lowest BCUT2D eigenvalue weighted by molar-refractivity contribution is 0.0922. The summed E-state index contributed by atoms with van der Waals surface area (Å²) in [6.07, 6.45) is 4.02. The van der Waals surface area contributed by atoms with E-state index in [1.54, 1.807) is 11.8 Å². The van der Waals surface area contributed by atoms with Crippen LogP contribution in [0.3, 0.4) is 0 Å². The van der Waals surface area contributed by atoms with Gasteiger partial charge in [-0.2, -0.15) is 0 Å². The fourth-order valence-electron chi connectivity index (χ4n) is 2.36. The second kappa shape index (κ2) is 6.25. The minimum atomic E-state index is 0.0547. The van der Waals surface area contributed by atoms with Gasteiger partial charge in [-0.3, -0.25) is 4.79 Å². The van der Waals surface area contributed by atoms with Crippen molar-refractivity contribution in [3.8, 4) is 0 Å². The lowest BCUT2D eigenvalue weighted by Crippen LogP contribution is -2.46. The van der Waals surface area contributed by atoms with E-state index in [1.165, 1.54) is 0 Å². The van der Waals surface area contributed by atoms with E-state index in [-0.39, 0.29) is 5.91 Å². The van der Waals surface area contributed by atoms with E-state index >= 15 is 0 Å². The number of amides is 1. The summed E-state index contributed by atoms with van der Waals surface area (Å²) >= 11 is 1.61. The van der Waals surface area contributed by atoms with Crippen molar-refractivity contribution in [3.05, 3.63) is 29.8 Å². The Morgan fingerprint density at radius 2 is 2.22 bits per heavy atom. The van der Waals surface area contributed by atoms with Crippen LogP contribution >= 0.6 is 11.8 Å². The Hall–Kier alpha value is -1.00. The Balaban J connectivity index is 2.03. The Morgan fingerprint density at radius 3 is 2.94 bits per heavy atom. The molecule has 1 saturated heterocycles. The highest BCUT2D eigenvalue weighted by molar-refractivity contribution is 7.98. The SMILES string of the molecule is CSc1ccccc1C(=O)NC1CCNC(C)C1. The molecule has 4 heteroatoms. The summed E-state index contributed by atoms with van der Waals surface area (Å²) in [4.78, 5) is 13.3. The summed E-state index contributed by atoms with van der Waals surface area (Å²) in [5.74, 6) is 0.0547. The molecule has 1 heterocycles. The molecule has 3 nitrogen and oxygen atoms in total. The first kappa shape index (κ1) is 13.4. The molecule has 0 radical (unpaired) electrons. The average molecular weight is 264 g/mol. The van der Waals surface area contributed by atoms with Gasteiger partial charge in [-0.05, 0) is 44.7 Å². The Morgan fingerprint density at radius 1 is 1.44 bits per heavy atom. The maximum atomic E-state index is 12.3. The van der Waals surface area contributed by atoms with E-state index in [4.69, 9.17) is 0 Å². The summed E-state index contributed by atoms with van der Waals surface area (Å²) in [6.45, 7) is 3.14. The van der Waals surface area contributed by atoms with Crippen molar-refractivity contribution >= 4 is 17.7 Å². The Labute approximate surface area is 113 Å². The van der Waals surface area contributed by atoms with Gasteiger partial charge in [0.05, 0.1) is 5.56 Å². The monoisotopic (exact) mass is 264 g/mol. The van der Waals surface area contributed by atoms with Crippen LogP contribution in [0.5, 0.6) is 0 Å². The van der Waals surface area contributed by atoms with Gasteiger partial charge in [0.1, 0.15) is 0 Å². The predicted octanol–water partition coefficient (Wildman–Crippen LogP) is 2.28. The lowest BCUT2D eigenvalue weighted by Gasteiger charge is -2.28. The first-order chi connectivity index (χ1) is 8.70. The maximum Gasteiger partial charge on any atom is 0.252 e. The second-order valence-electron chi connectivity index (χ2n) is 4.75. The zero-order chi connectivity index (χ0) is 13.0. The molecule has 98 valence electrons. The molecule has 1 aliphatic heterocycles. The molecule has 2 unspecified atom stereocenters. The zero-order valence-electron chi connectivity index (χ0n) is 10.9. The number of thioether (sulfide) groups is 1. The molecule has 0 bridgehead atoms. The molecular weight excluding hydrogens is 244 g/mol. The highest BCUT2D eigenvalue weighted by atomic mass is 32.2.